The van der Waals surface area contributed by atoms with E-state index in [1.54, 1.807) is 108 Å². The molecule has 0 aromatic carbocycles. The van der Waals surface area contributed by atoms with Crippen LogP contribution < -0.4 is 16.0 Å². The summed E-state index contributed by atoms with van der Waals surface area (Å²) in [6.07, 6.45) is 7.96. The summed E-state index contributed by atoms with van der Waals surface area (Å²) >= 11 is 0. The van der Waals surface area contributed by atoms with Crippen molar-refractivity contribution in [1.82, 2.24) is 16.0 Å². The van der Waals surface area contributed by atoms with Crippen LogP contribution in [0.5, 0.6) is 0 Å². The summed E-state index contributed by atoms with van der Waals surface area (Å²) in [5.41, 5.74) is -0.747. The number of rotatable bonds is 25. The first-order chi connectivity index (χ1) is 47.3. The van der Waals surface area contributed by atoms with E-state index in [2.05, 4.69) is 22.9 Å². The summed E-state index contributed by atoms with van der Waals surface area (Å²) < 4.78 is 18.2. The molecule has 2 bridgehead atoms. The lowest BCUT2D eigenvalue weighted by molar-refractivity contribution is -0.170. The molecule has 0 spiro atoms. The van der Waals surface area contributed by atoms with Gasteiger partial charge in [-0.2, -0.15) is 0 Å². The SMILES string of the molecule is CO[C@@H]1/C=C/C=C/CC/C=C/C=C/C(=O)N[C@@H]([C@@H](O)C(=O)O)C(=O)O[C@@H]([C@H](NC(=O)[C@H](C)[C@H](O)CC[C@H](C)[C@@H](O)/C(C)=C/C(C)(C)[C@H](O)[C@H](CC(C)C)NC(=O)/C=C/C(C)(C)C(=O)[C@H](C)[C@H](O)C(C)C)[C@H](C)O)[C@H](C)[C@H](O)C/C=C(\C)[C@@H](O)[C@H](C)/C=C(\C)[C@@H](O)[C@@H](C)[C@@H](O)C[C@H]2C[C@H](C)C[C@H]1O2. The minimum absolute atomic E-state index is 0.0378. The predicted octanol–water partition coefficient (Wildman–Crippen LogP) is 7.38. The zero-order valence-electron chi connectivity index (χ0n) is 64.5. The van der Waals surface area contributed by atoms with Crippen LogP contribution in [0.15, 0.2) is 95.7 Å². The van der Waals surface area contributed by atoms with Gasteiger partial charge in [0.15, 0.2) is 12.1 Å². The predicted molar refractivity (Wildman–Crippen MR) is 393 cm³/mol. The van der Waals surface area contributed by atoms with Crippen LogP contribution >= 0.6 is 0 Å². The average molecular weight is 1440 g/mol. The van der Waals surface area contributed by atoms with Gasteiger partial charge in [-0.15, -0.1) is 0 Å². The van der Waals surface area contributed by atoms with Gasteiger partial charge in [0, 0.05) is 47.7 Å². The molecule has 14 N–H and O–H groups in total. The van der Waals surface area contributed by atoms with Crippen LogP contribution in [0.1, 0.15) is 189 Å². The summed E-state index contributed by atoms with van der Waals surface area (Å²) in [4.78, 5) is 81.1. The van der Waals surface area contributed by atoms with Crippen molar-refractivity contribution in [2.24, 2.45) is 64.1 Å². The third-order valence-electron chi connectivity index (χ3n) is 20.4. The maximum Gasteiger partial charge on any atom is 0.335 e. The van der Waals surface area contributed by atoms with E-state index in [1.807, 2.05) is 52.0 Å². The maximum absolute atomic E-state index is 14.3. The van der Waals surface area contributed by atoms with Crippen molar-refractivity contribution in [3.05, 3.63) is 95.7 Å². The second-order valence-electron chi connectivity index (χ2n) is 31.3. The van der Waals surface area contributed by atoms with Crippen LogP contribution in [0, 0.1) is 64.1 Å². The Morgan fingerprint density at radius 3 is 1.94 bits per heavy atom. The van der Waals surface area contributed by atoms with Crippen molar-refractivity contribution in [1.29, 1.82) is 0 Å². The quantitative estimate of drug-likeness (QED) is 0.0241. The smallest absolute Gasteiger partial charge is 0.335 e. The van der Waals surface area contributed by atoms with E-state index in [4.69, 9.17) is 14.2 Å². The summed E-state index contributed by atoms with van der Waals surface area (Å²) in [7, 11) is 1.60. The number of aliphatic hydroxyl groups is 10. The van der Waals surface area contributed by atoms with Crippen molar-refractivity contribution in [3.8, 4) is 0 Å². The molecule has 1 fully saturated rings. The number of aliphatic carboxylic acids is 1. The van der Waals surface area contributed by atoms with Gasteiger partial charge in [-0.05, 0) is 146 Å². The number of cyclic esters (lactones) is 1. The van der Waals surface area contributed by atoms with E-state index in [1.165, 1.54) is 45.1 Å². The van der Waals surface area contributed by atoms with Gasteiger partial charge in [0.1, 0.15) is 18.0 Å². The first-order valence-corrected chi connectivity index (χ1v) is 36.6. The molecule has 102 heavy (non-hydrogen) atoms. The van der Waals surface area contributed by atoms with Crippen molar-refractivity contribution in [2.45, 2.75) is 293 Å². The van der Waals surface area contributed by atoms with E-state index in [0.29, 0.717) is 42.4 Å². The zero-order chi connectivity index (χ0) is 78.0. The lowest BCUT2D eigenvalue weighted by Crippen LogP contribution is -2.59. The molecule has 3 amide bonds. The molecular formula is C79H131N3O20. The number of methoxy groups -OCH3 is 1. The Morgan fingerprint density at radius 1 is 0.765 bits per heavy atom. The molecule has 23 nitrogen and oxygen atoms in total. The summed E-state index contributed by atoms with van der Waals surface area (Å²) in [5.74, 6) is -10.8. The number of fused-ring (bicyclic) bond motifs is 2. The highest BCUT2D eigenvalue weighted by molar-refractivity contribution is 5.94. The number of ether oxygens (including phenoxy) is 3. The second kappa shape index (κ2) is 43.8. The van der Waals surface area contributed by atoms with Gasteiger partial charge in [0.2, 0.25) is 17.7 Å². The molecule has 0 saturated carbocycles. The highest BCUT2D eigenvalue weighted by atomic mass is 16.6. The molecular weight excluding hydrogens is 1310 g/mol. The number of hydrogen-bond acceptors (Lipinski definition) is 19. The molecule has 2 heterocycles. The average Bonchev–Trinajstić information content (AvgIpc) is 0.840. The molecule has 23 heteroatoms. The molecule has 0 unspecified atom stereocenters. The highest BCUT2D eigenvalue weighted by Gasteiger charge is 2.44. The third kappa shape index (κ3) is 29.8. The van der Waals surface area contributed by atoms with Crippen molar-refractivity contribution < 1.29 is 99.1 Å². The van der Waals surface area contributed by atoms with E-state index >= 15 is 0 Å². The fraction of sp³-hybridized carbons (Fsp3) is 0.722. The van der Waals surface area contributed by atoms with Crippen molar-refractivity contribution in [2.75, 3.05) is 7.11 Å². The van der Waals surface area contributed by atoms with Crippen LogP contribution in [-0.4, -0.2) is 202 Å². The standard InChI is InChI=1S/C79H131N3O20/c1-43(2)37-57(80-64(88)35-36-78(16,17)73(94)54(14)67(89)44(3)4)74(95)79(18,19)42-50(10)69(91)47(7)32-34-59(85)53(13)75(96)82-65(55(15)83)72-52(12)58(84)33-31-46(6)68(90)48(8)40-49(9)70(92)51(11)60(86)41-56-38-45(5)39-62(101-56)61(100-20)29-27-25-23-21-22-24-26-28-30-63(87)81-66(77(99)102-72)71(93)76(97)98/h23-31,35-36,40,42-45,47-48,51-62,65-72,74,83-86,89-93,95H,21-22,32-34,37-39,41H2,1-20H3,(H,80,88)(H,81,87)(H,82,96)(H,97,98)/b25-23+,26-24+,29-27+,30-28+,36-35+,46-31+,49-40+,50-42+/t45-,47-,48+,51-,52+,53+,54+,55-,56+,57-,58+,59+,60-,61+,62+,65+,66-,67+,68+,69+,70+,71+,72+,74+/m0/s1. The molecule has 1 saturated heterocycles. The van der Waals surface area contributed by atoms with E-state index in [9.17, 15) is 84.9 Å². The summed E-state index contributed by atoms with van der Waals surface area (Å²) in [6.45, 7) is 32.5. The largest absolute Gasteiger partial charge is 0.479 e. The number of amides is 3. The van der Waals surface area contributed by atoms with E-state index in [0.717, 1.165) is 12.5 Å². The molecule has 0 radical (unpaired) electrons. The van der Waals surface area contributed by atoms with Crippen LogP contribution in [0.2, 0.25) is 0 Å². The third-order valence-corrected chi connectivity index (χ3v) is 20.4. The molecule has 2 aliphatic rings. The van der Waals surface area contributed by atoms with Gasteiger partial charge in [-0.1, -0.05) is 157 Å². The summed E-state index contributed by atoms with van der Waals surface area (Å²) in [6, 6.07) is -4.65. The minimum Gasteiger partial charge on any atom is -0.479 e. The van der Waals surface area contributed by atoms with Crippen molar-refractivity contribution in [3.63, 3.8) is 0 Å². The lowest BCUT2D eigenvalue weighted by Gasteiger charge is -2.38. The van der Waals surface area contributed by atoms with Gasteiger partial charge < -0.3 is 86.3 Å². The van der Waals surface area contributed by atoms with Gasteiger partial charge in [0.25, 0.3) is 0 Å². The first kappa shape index (κ1) is 92.5. The minimum atomic E-state index is -2.58. The number of Topliss-reactive ketones (excluding diaryl/α,β-unsaturated/α-hetero) is 1. The highest BCUT2D eigenvalue weighted by Crippen LogP contribution is 2.35. The molecule has 24 atom stereocenters. The Kier molecular flexibility index (Phi) is 39.7. The topological polar surface area (TPSA) is 389 Å². The normalized spacial score (nSPS) is 31.5. The second-order valence-corrected chi connectivity index (χ2v) is 31.3. The Hall–Kier alpha value is -5.54. The Bertz CT molecular complexity index is 2890. The number of allylic oxidation sites excluding steroid dienone is 7. The molecule has 0 aromatic heterocycles. The van der Waals surface area contributed by atoms with Gasteiger partial charge >= 0.3 is 11.9 Å². The Balaban J connectivity index is 2.53. The molecule has 582 valence electrons. The molecule has 2 aliphatic heterocycles. The van der Waals surface area contributed by atoms with E-state index in [-0.39, 0.29) is 67.5 Å². The Morgan fingerprint density at radius 2 is 1.37 bits per heavy atom. The number of aliphatic hydroxyl groups excluding tert-OH is 10. The number of esters is 1. The number of carboxylic acids is 1. The summed E-state index contributed by atoms with van der Waals surface area (Å²) in [5, 5.41) is 133. The first-order valence-electron chi connectivity index (χ1n) is 36.6. The van der Waals surface area contributed by atoms with Crippen molar-refractivity contribution >= 4 is 35.4 Å². The van der Waals surface area contributed by atoms with Gasteiger partial charge in [-0.3, -0.25) is 19.2 Å². The number of carbonyl (C=O) groups is 6. The Labute approximate surface area is 607 Å². The number of nitrogens with one attached hydrogen (secondary N) is 3. The fourth-order valence-corrected chi connectivity index (χ4v) is 13.4. The molecule has 0 aromatic rings. The zero-order valence-corrected chi connectivity index (χ0v) is 64.5. The number of hydrogen-bond donors (Lipinski definition) is 14. The van der Waals surface area contributed by atoms with Gasteiger partial charge in [0.05, 0.1) is 85.1 Å². The van der Waals surface area contributed by atoms with Gasteiger partial charge in [-0.25, -0.2) is 9.59 Å². The number of carbonyl (C=O) groups excluding carboxylic acids is 5. The van der Waals surface area contributed by atoms with Crippen LogP contribution in [0.4, 0.5) is 0 Å². The number of carboxylic acid groups (broad SMARTS) is 1. The molecule has 2 rings (SSSR count). The number of ketones is 1. The van der Waals surface area contributed by atoms with Crippen LogP contribution in [0.25, 0.3) is 0 Å². The monoisotopic (exact) mass is 1440 g/mol. The van der Waals surface area contributed by atoms with Crippen LogP contribution in [0.3, 0.4) is 0 Å². The van der Waals surface area contributed by atoms with E-state index < -0.39 is 161 Å². The van der Waals surface area contributed by atoms with Crippen LogP contribution in [-0.2, 0) is 43.0 Å². The molecule has 0 aliphatic carbocycles. The fourth-order valence-electron chi connectivity index (χ4n) is 13.4. The maximum atomic E-state index is 14.3. The lowest BCUT2D eigenvalue weighted by atomic mass is 9.77.